The Bertz CT molecular complexity index is 956. The number of fused-ring (bicyclic) bond motifs is 5. The van der Waals surface area contributed by atoms with Crippen LogP contribution in [-0.4, -0.2) is 47.0 Å². The van der Waals surface area contributed by atoms with E-state index in [1.165, 1.54) is 37.7 Å². The summed E-state index contributed by atoms with van der Waals surface area (Å²) in [6, 6.07) is 2.13. The van der Waals surface area contributed by atoms with Crippen LogP contribution in [0.5, 0.6) is 0 Å². The summed E-state index contributed by atoms with van der Waals surface area (Å²) in [5.41, 5.74) is 7.56. The number of hydrogen-bond donors (Lipinski definition) is 3. The highest BCUT2D eigenvalue weighted by Crippen LogP contribution is 2.48. The molecular weight excluding hydrogens is 387 g/mol. The fourth-order valence-electron chi connectivity index (χ4n) is 6.34. The molecule has 4 unspecified atom stereocenters. The van der Waals surface area contributed by atoms with E-state index in [4.69, 9.17) is 9.76 Å². The zero-order chi connectivity index (χ0) is 21.4. The monoisotopic (exact) mass is 422 g/mol. The van der Waals surface area contributed by atoms with Gasteiger partial charge in [0.15, 0.2) is 0 Å². The topological polar surface area (TPSA) is 82.5 Å². The van der Waals surface area contributed by atoms with Gasteiger partial charge in [0.2, 0.25) is 0 Å². The molecule has 2 saturated carbocycles. The van der Waals surface area contributed by atoms with Gasteiger partial charge in [0, 0.05) is 48.0 Å². The van der Waals surface area contributed by atoms with Gasteiger partial charge in [0.1, 0.15) is 5.65 Å². The molecule has 7 heteroatoms. The van der Waals surface area contributed by atoms with Crippen LogP contribution in [0.1, 0.15) is 64.4 Å². The van der Waals surface area contributed by atoms with Gasteiger partial charge in [0.25, 0.3) is 0 Å². The van der Waals surface area contributed by atoms with Gasteiger partial charge in [0.05, 0.1) is 5.71 Å². The molecule has 4 atom stereocenters. The zero-order valence-electron chi connectivity index (χ0n) is 18.9. The predicted octanol–water partition coefficient (Wildman–Crippen LogP) is 2.86. The predicted molar refractivity (Wildman–Crippen MR) is 126 cm³/mol. The lowest BCUT2D eigenvalue weighted by molar-refractivity contribution is 0.0832. The first-order valence-electron chi connectivity index (χ1n) is 12.1. The van der Waals surface area contributed by atoms with E-state index in [2.05, 4.69) is 35.3 Å². The van der Waals surface area contributed by atoms with Gasteiger partial charge in [-0.3, -0.25) is 0 Å². The molecule has 3 heterocycles. The van der Waals surface area contributed by atoms with Crippen LogP contribution in [0.4, 0.5) is 0 Å². The van der Waals surface area contributed by atoms with Gasteiger partial charge < -0.3 is 20.2 Å². The Balaban J connectivity index is 1.64. The highest BCUT2D eigenvalue weighted by Gasteiger charge is 2.43. The number of aliphatic hydroxyl groups excluding tert-OH is 1. The van der Waals surface area contributed by atoms with Crippen LogP contribution in [0.25, 0.3) is 11.0 Å². The van der Waals surface area contributed by atoms with E-state index < -0.39 is 0 Å². The second kappa shape index (κ2) is 8.59. The smallest absolute Gasteiger partial charge is 0.311 e. The zero-order valence-corrected chi connectivity index (χ0v) is 18.9. The van der Waals surface area contributed by atoms with E-state index in [9.17, 15) is 5.11 Å². The molecule has 2 bridgehead atoms. The van der Waals surface area contributed by atoms with Crippen molar-refractivity contribution in [3.63, 3.8) is 0 Å². The molecule has 0 aromatic carbocycles. The van der Waals surface area contributed by atoms with Crippen LogP contribution in [-0.2, 0) is 4.65 Å². The first kappa shape index (κ1) is 21.0. The maximum atomic E-state index is 9.88. The molecule has 1 aliphatic heterocycles. The Morgan fingerprint density at radius 1 is 1.29 bits per heavy atom. The summed E-state index contributed by atoms with van der Waals surface area (Å²) in [5, 5.41) is 16.1. The number of hydrogen-bond acceptors (Lipinski definition) is 5. The second-order valence-corrected chi connectivity index (χ2v) is 10.4. The molecule has 0 radical (unpaired) electrons. The molecule has 2 fully saturated rings. The molecule has 6 nitrogen and oxygen atoms in total. The quantitative estimate of drug-likeness (QED) is 0.665. The van der Waals surface area contributed by atoms with E-state index in [1.807, 2.05) is 12.4 Å². The Labute approximate surface area is 185 Å². The Morgan fingerprint density at radius 2 is 2.19 bits per heavy atom. The molecule has 166 valence electrons. The standard InChI is InChI=1S/C24H35BN4O2/c1-24(2)8-10-28-29-22(20-16-5-3-4-15(12-16)13-17(20)7-11-30)21-18-6-9-26-23(18)27-14-19(21)25-31-24/h6,9,14-17,20,25,28,30H,3-5,7-8,10-13H2,1-2H3,(H,26,27)/b29-22-. The number of pyridine rings is 1. The first-order valence-corrected chi connectivity index (χ1v) is 12.1. The van der Waals surface area contributed by atoms with Crippen LogP contribution < -0.4 is 10.9 Å². The molecule has 2 aromatic heterocycles. The number of H-pyrrole nitrogens is 1. The van der Waals surface area contributed by atoms with Gasteiger partial charge in [-0.2, -0.15) is 5.10 Å². The Morgan fingerprint density at radius 3 is 3.06 bits per heavy atom. The molecule has 31 heavy (non-hydrogen) atoms. The lowest BCUT2D eigenvalue weighted by atomic mass is 9.59. The van der Waals surface area contributed by atoms with Crippen LogP contribution in [0.15, 0.2) is 23.6 Å². The van der Waals surface area contributed by atoms with Gasteiger partial charge in [-0.15, -0.1) is 0 Å². The van der Waals surface area contributed by atoms with E-state index in [0.29, 0.717) is 25.2 Å². The highest BCUT2D eigenvalue weighted by molar-refractivity contribution is 6.50. The first-order chi connectivity index (χ1) is 15.1. The molecule has 2 aliphatic carbocycles. The molecule has 0 spiro atoms. The molecule has 3 aliphatic rings. The molecule has 5 rings (SSSR count). The number of nitrogens with one attached hydrogen (secondary N) is 2. The minimum Gasteiger partial charge on any atom is -0.430 e. The summed E-state index contributed by atoms with van der Waals surface area (Å²) >= 11 is 0. The van der Waals surface area contributed by atoms with Gasteiger partial charge in [-0.1, -0.05) is 12.8 Å². The van der Waals surface area contributed by atoms with E-state index in [1.54, 1.807) is 0 Å². The SMILES string of the molecule is CC1(C)CCN/N=C(/C2C(CCO)CC3CCCC2C3)c2c(cnc3[nH]ccc23)BO1. The maximum absolute atomic E-state index is 9.88. The summed E-state index contributed by atoms with van der Waals surface area (Å²) in [6.07, 6.45) is 12.1. The molecule has 2 aromatic rings. The minimum absolute atomic E-state index is 0.217. The van der Waals surface area contributed by atoms with Crippen LogP contribution in [0.2, 0.25) is 0 Å². The fourth-order valence-corrected chi connectivity index (χ4v) is 6.34. The summed E-state index contributed by atoms with van der Waals surface area (Å²) < 4.78 is 6.36. The van der Waals surface area contributed by atoms with E-state index in [0.717, 1.165) is 47.5 Å². The van der Waals surface area contributed by atoms with Crippen LogP contribution in [0.3, 0.4) is 0 Å². The van der Waals surface area contributed by atoms with Crippen molar-refractivity contribution in [1.29, 1.82) is 0 Å². The largest absolute Gasteiger partial charge is 0.430 e. The van der Waals surface area contributed by atoms with Crippen molar-refractivity contribution in [1.82, 2.24) is 15.4 Å². The third-order valence-electron chi connectivity index (χ3n) is 7.87. The highest BCUT2D eigenvalue weighted by atomic mass is 16.5. The van der Waals surface area contributed by atoms with Crippen molar-refractivity contribution in [2.24, 2.45) is 28.8 Å². The maximum Gasteiger partial charge on any atom is 0.311 e. The molecule has 3 N–H and O–H groups in total. The summed E-state index contributed by atoms with van der Waals surface area (Å²) in [6.45, 7) is 5.33. The minimum atomic E-state index is -0.217. The normalized spacial score (nSPS) is 32.3. The van der Waals surface area contributed by atoms with E-state index in [-0.39, 0.29) is 12.2 Å². The van der Waals surface area contributed by atoms with Crippen LogP contribution >= 0.6 is 0 Å². The van der Waals surface area contributed by atoms with Gasteiger partial charge >= 0.3 is 7.48 Å². The number of hydrazone groups is 1. The average Bonchev–Trinajstić information content (AvgIpc) is 3.22. The van der Waals surface area contributed by atoms with E-state index >= 15 is 0 Å². The number of rotatable bonds is 3. The number of aromatic amines is 1. The third-order valence-corrected chi connectivity index (χ3v) is 7.87. The summed E-state index contributed by atoms with van der Waals surface area (Å²) in [5.74, 6) is 2.29. The second-order valence-electron chi connectivity index (χ2n) is 10.4. The van der Waals surface area contributed by atoms with Crippen molar-refractivity contribution in [2.75, 3.05) is 13.2 Å². The third kappa shape index (κ3) is 4.14. The lowest BCUT2D eigenvalue weighted by Crippen LogP contribution is -2.45. The molecular formula is C24H35BN4O2. The van der Waals surface area contributed by atoms with Crippen molar-refractivity contribution in [3.8, 4) is 0 Å². The van der Waals surface area contributed by atoms with Gasteiger partial charge in [-0.25, -0.2) is 4.98 Å². The van der Waals surface area contributed by atoms with Crippen molar-refractivity contribution in [2.45, 2.75) is 64.4 Å². The summed E-state index contributed by atoms with van der Waals surface area (Å²) in [7, 11) is 0.542. The lowest BCUT2D eigenvalue weighted by Gasteiger charge is -2.46. The van der Waals surface area contributed by atoms with Crippen molar-refractivity contribution < 1.29 is 9.76 Å². The summed E-state index contributed by atoms with van der Waals surface area (Å²) in [4.78, 5) is 7.96. The fraction of sp³-hybridized carbons (Fsp3) is 0.667. The average molecular weight is 422 g/mol. The Hall–Kier alpha value is -1.86. The Kier molecular flexibility index (Phi) is 5.82. The number of nitrogens with zero attached hydrogens (tertiary/aromatic N) is 2. The molecule has 0 amide bonds. The van der Waals surface area contributed by atoms with Gasteiger partial charge in [-0.05, 0) is 75.2 Å². The number of aliphatic hydroxyl groups is 1. The molecule has 0 saturated heterocycles. The van der Waals surface area contributed by atoms with Crippen molar-refractivity contribution >= 4 is 29.7 Å². The van der Waals surface area contributed by atoms with Crippen LogP contribution in [0, 0.1) is 23.7 Å². The number of aromatic nitrogens is 2. The van der Waals surface area contributed by atoms with Crippen molar-refractivity contribution in [3.05, 3.63) is 24.0 Å².